The van der Waals surface area contributed by atoms with Gasteiger partial charge in [-0.3, -0.25) is 0 Å². The molecule has 5 heteroatoms. The maximum Gasteiger partial charge on any atom is 0.221 e. The van der Waals surface area contributed by atoms with Crippen LogP contribution in [0.3, 0.4) is 0 Å². The van der Waals surface area contributed by atoms with Crippen LogP contribution in [0.4, 0.5) is 5.95 Å². The summed E-state index contributed by atoms with van der Waals surface area (Å²) in [6.45, 7) is 0. The first-order valence-corrected chi connectivity index (χ1v) is 7.46. The van der Waals surface area contributed by atoms with E-state index in [4.69, 9.17) is 17.3 Å². The molecule has 2 aromatic carbocycles. The molecule has 0 saturated heterocycles. The van der Waals surface area contributed by atoms with E-state index in [9.17, 15) is 0 Å². The van der Waals surface area contributed by atoms with Crippen molar-refractivity contribution >= 4 is 33.5 Å². The molecule has 0 atom stereocenters. The summed E-state index contributed by atoms with van der Waals surface area (Å²) in [5, 5.41) is 0.635. The van der Waals surface area contributed by atoms with Gasteiger partial charge in [0, 0.05) is 20.6 Å². The Hall–Kier alpha value is -1.91. The van der Waals surface area contributed by atoms with Gasteiger partial charge in [0.1, 0.15) is 0 Å². The average molecular weight is 361 g/mol. The predicted molar refractivity (Wildman–Crippen MR) is 90.0 cm³/mol. The number of hydrogen-bond donors (Lipinski definition) is 1. The van der Waals surface area contributed by atoms with Crippen LogP contribution in [-0.2, 0) is 0 Å². The monoisotopic (exact) mass is 359 g/mol. The molecule has 0 unspecified atom stereocenters. The maximum atomic E-state index is 6.23. The molecule has 3 aromatic rings. The smallest absolute Gasteiger partial charge is 0.221 e. The van der Waals surface area contributed by atoms with Gasteiger partial charge in [-0.25, -0.2) is 9.97 Å². The highest BCUT2D eigenvalue weighted by Crippen LogP contribution is 2.30. The molecule has 0 saturated carbocycles. The van der Waals surface area contributed by atoms with Crippen LogP contribution in [0.5, 0.6) is 0 Å². The Labute approximate surface area is 135 Å². The lowest BCUT2D eigenvalue weighted by molar-refractivity contribution is 1.19. The largest absolute Gasteiger partial charge is 0.368 e. The summed E-state index contributed by atoms with van der Waals surface area (Å²) in [6.07, 6.45) is 0. The predicted octanol–water partition coefficient (Wildman–Crippen LogP) is 4.81. The molecular formula is C16H11BrClN3. The van der Waals surface area contributed by atoms with Gasteiger partial charge in [0.05, 0.1) is 11.4 Å². The number of nitrogens with two attached hydrogens (primary N) is 1. The number of benzene rings is 2. The lowest BCUT2D eigenvalue weighted by Crippen LogP contribution is -1.98. The number of nitrogens with zero attached hydrogens (tertiary/aromatic N) is 2. The van der Waals surface area contributed by atoms with E-state index in [-0.39, 0.29) is 5.95 Å². The van der Waals surface area contributed by atoms with Gasteiger partial charge in [-0.15, -0.1) is 0 Å². The number of nitrogen functional groups attached to an aromatic ring is 1. The summed E-state index contributed by atoms with van der Waals surface area (Å²) < 4.78 is 0.983. The number of hydrogen-bond acceptors (Lipinski definition) is 3. The van der Waals surface area contributed by atoms with Gasteiger partial charge in [-0.05, 0) is 24.3 Å². The van der Waals surface area contributed by atoms with Crippen molar-refractivity contribution in [1.82, 2.24) is 9.97 Å². The minimum Gasteiger partial charge on any atom is -0.368 e. The Bertz CT molecular complexity index is 805. The molecular weight excluding hydrogens is 350 g/mol. The van der Waals surface area contributed by atoms with E-state index in [1.54, 1.807) is 0 Å². The van der Waals surface area contributed by atoms with Gasteiger partial charge in [-0.1, -0.05) is 57.9 Å². The second-order valence-corrected chi connectivity index (χ2v) is 5.81. The summed E-state index contributed by atoms with van der Waals surface area (Å²) in [7, 11) is 0. The fraction of sp³-hybridized carbons (Fsp3) is 0. The van der Waals surface area contributed by atoms with E-state index in [0.717, 1.165) is 21.3 Å². The highest BCUT2D eigenvalue weighted by Gasteiger charge is 2.09. The van der Waals surface area contributed by atoms with Gasteiger partial charge >= 0.3 is 0 Å². The zero-order chi connectivity index (χ0) is 14.8. The van der Waals surface area contributed by atoms with Crippen LogP contribution in [0, 0.1) is 0 Å². The molecule has 1 heterocycles. The van der Waals surface area contributed by atoms with E-state index in [2.05, 4.69) is 25.9 Å². The minimum atomic E-state index is 0.224. The highest BCUT2D eigenvalue weighted by molar-refractivity contribution is 9.10. The zero-order valence-corrected chi connectivity index (χ0v) is 13.3. The van der Waals surface area contributed by atoms with Crippen LogP contribution < -0.4 is 5.73 Å². The second kappa shape index (κ2) is 5.84. The first kappa shape index (κ1) is 14.0. The summed E-state index contributed by atoms with van der Waals surface area (Å²) in [5.74, 6) is 0.224. The third kappa shape index (κ3) is 3.06. The molecule has 0 spiro atoms. The molecule has 3 nitrogen and oxygen atoms in total. The number of rotatable bonds is 2. The fourth-order valence-corrected chi connectivity index (χ4v) is 2.70. The molecule has 0 radical (unpaired) electrons. The van der Waals surface area contributed by atoms with Gasteiger partial charge in [0.25, 0.3) is 0 Å². The van der Waals surface area contributed by atoms with E-state index < -0.39 is 0 Å². The Kier molecular flexibility index (Phi) is 3.90. The first-order chi connectivity index (χ1) is 10.1. The topological polar surface area (TPSA) is 51.8 Å². The van der Waals surface area contributed by atoms with E-state index in [0.29, 0.717) is 10.7 Å². The molecule has 0 bridgehead atoms. The van der Waals surface area contributed by atoms with Gasteiger partial charge < -0.3 is 5.73 Å². The summed E-state index contributed by atoms with van der Waals surface area (Å²) in [5.41, 5.74) is 9.12. The number of halogens is 2. The minimum absolute atomic E-state index is 0.224. The normalized spacial score (nSPS) is 10.6. The van der Waals surface area contributed by atoms with E-state index in [1.165, 1.54) is 0 Å². The molecule has 21 heavy (non-hydrogen) atoms. The van der Waals surface area contributed by atoms with E-state index in [1.807, 2.05) is 54.6 Å². The standard InChI is InChI=1S/C16H11BrClN3/c17-11-5-3-4-10(8-11)14-9-15(21-16(19)20-14)12-6-1-2-7-13(12)18/h1-9H,(H2,19,20,21). The molecule has 0 amide bonds. The molecule has 3 rings (SSSR count). The van der Waals surface area contributed by atoms with Gasteiger partial charge in [0.2, 0.25) is 5.95 Å². The summed E-state index contributed by atoms with van der Waals surface area (Å²) in [4.78, 5) is 8.59. The first-order valence-electron chi connectivity index (χ1n) is 6.29. The van der Waals surface area contributed by atoms with Gasteiger partial charge in [0.15, 0.2) is 0 Å². The van der Waals surface area contributed by atoms with Crippen LogP contribution in [0.2, 0.25) is 5.02 Å². The fourth-order valence-electron chi connectivity index (χ4n) is 2.07. The van der Waals surface area contributed by atoms with Crippen LogP contribution in [-0.4, -0.2) is 9.97 Å². The van der Waals surface area contributed by atoms with Crippen LogP contribution >= 0.6 is 27.5 Å². The van der Waals surface area contributed by atoms with Crippen molar-refractivity contribution in [3.8, 4) is 22.5 Å². The van der Waals surface area contributed by atoms with Crippen LogP contribution in [0.1, 0.15) is 0 Å². The third-order valence-corrected chi connectivity index (χ3v) is 3.84. The molecule has 0 aliphatic rings. The highest BCUT2D eigenvalue weighted by atomic mass is 79.9. The van der Waals surface area contributed by atoms with Crippen LogP contribution in [0.25, 0.3) is 22.5 Å². The third-order valence-electron chi connectivity index (χ3n) is 3.01. The molecule has 104 valence electrons. The Morgan fingerprint density at radius 2 is 1.67 bits per heavy atom. The molecule has 0 aliphatic heterocycles. The summed E-state index contributed by atoms with van der Waals surface area (Å²) in [6, 6.07) is 17.3. The van der Waals surface area contributed by atoms with Crippen molar-refractivity contribution in [1.29, 1.82) is 0 Å². The van der Waals surface area contributed by atoms with Crippen molar-refractivity contribution in [2.24, 2.45) is 0 Å². The van der Waals surface area contributed by atoms with Crippen LogP contribution in [0.15, 0.2) is 59.1 Å². The quantitative estimate of drug-likeness (QED) is 0.713. The Balaban J connectivity index is 2.15. The summed E-state index contributed by atoms with van der Waals surface area (Å²) >= 11 is 9.68. The SMILES string of the molecule is Nc1nc(-c2cccc(Br)c2)cc(-c2ccccc2Cl)n1. The van der Waals surface area contributed by atoms with Gasteiger partial charge in [-0.2, -0.15) is 0 Å². The van der Waals surface area contributed by atoms with Crippen molar-refractivity contribution in [3.05, 3.63) is 64.1 Å². The zero-order valence-electron chi connectivity index (χ0n) is 10.9. The lowest BCUT2D eigenvalue weighted by atomic mass is 10.1. The maximum absolute atomic E-state index is 6.23. The molecule has 0 aliphatic carbocycles. The van der Waals surface area contributed by atoms with Crippen molar-refractivity contribution in [3.63, 3.8) is 0 Å². The van der Waals surface area contributed by atoms with Crippen molar-refractivity contribution < 1.29 is 0 Å². The van der Waals surface area contributed by atoms with Crippen molar-refractivity contribution in [2.45, 2.75) is 0 Å². The number of aromatic nitrogens is 2. The van der Waals surface area contributed by atoms with E-state index >= 15 is 0 Å². The second-order valence-electron chi connectivity index (χ2n) is 4.49. The Morgan fingerprint density at radius 1 is 0.905 bits per heavy atom. The van der Waals surface area contributed by atoms with Crippen molar-refractivity contribution in [2.75, 3.05) is 5.73 Å². The molecule has 1 aromatic heterocycles. The molecule has 2 N–H and O–H groups in total. The average Bonchev–Trinajstić information content (AvgIpc) is 2.47. The lowest BCUT2D eigenvalue weighted by Gasteiger charge is -2.08. The molecule has 0 fully saturated rings. The number of anilines is 1. The Morgan fingerprint density at radius 3 is 2.43 bits per heavy atom.